The van der Waals surface area contributed by atoms with Gasteiger partial charge in [-0.15, -0.1) is 0 Å². The Morgan fingerprint density at radius 3 is 2.00 bits per heavy atom. The Morgan fingerprint density at radius 1 is 0.917 bits per heavy atom. The summed E-state index contributed by atoms with van der Waals surface area (Å²) in [6, 6.07) is 23.5. The highest BCUT2D eigenvalue weighted by molar-refractivity contribution is 5.87. The fraction of sp³-hybridized carbons (Fsp3) is 0.190. The number of hydrogen-bond donors (Lipinski definition) is 1. The molecule has 1 atom stereocenters. The zero-order chi connectivity index (χ0) is 16.8. The van der Waals surface area contributed by atoms with Crippen LogP contribution in [0.2, 0.25) is 0 Å². The molecule has 0 spiro atoms. The van der Waals surface area contributed by atoms with Crippen molar-refractivity contribution in [2.45, 2.75) is 25.3 Å². The third-order valence-electron chi connectivity index (χ3n) is 4.00. The van der Waals surface area contributed by atoms with Gasteiger partial charge in [-0.05, 0) is 30.2 Å². The van der Waals surface area contributed by atoms with Crippen molar-refractivity contribution in [3.8, 4) is 0 Å². The number of benzene rings is 2. The smallest absolute Gasteiger partial charge is 0.232 e. The molecule has 3 nitrogen and oxygen atoms in total. The number of carbonyl (C=O) groups is 1. The molecule has 2 aromatic carbocycles. The first kappa shape index (κ1) is 16.1. The largest absolute Gasteiger partial charge is 0.469 e. The molecule has 0 aliphatic heterocycles. The standard InChI is InChI=1S/C21H21NO2/c1-16(15-19-13-8-14-24-19)22-21(23)20(17-9-4-2-5-10-17)18-11-6-3-7-12-18/h2-14,16,20H,15H2,1H3,(H,22,23). The number of rotatable bonds is 6. The summed E-state index contributed by atoms with van der Waals surface area (Å²) in [5.41, 5.74) is 1.98. The van der Waals surface area contributed by atoms with E-state index in [2.05, 4.69) is 5.32 Å². The Morgan fingerprint density at radius 2 is 1.50 bits per heavy atom. The molecule has 0 aliphatic carbocycles. The average Bonchev–Trinajstić information content (AvgIpc) is 3.10. The first-order valence-electron chi connectivity index (χ1n) is 8.16. The Kier molecular flexibility index (Phi) is 5.12. The van der Waals surface area contributed by atoms with Crippen molar-refractivity contribution in [1.82, 2.24) is 5.32 Å². The van der Waals surface area contributed by atoms with Crippen LogP contribution in [0.4, 0.5) is 0 Å². The lowest BCUT2D eigenvalue weighted by Crippen LogP contribution is -2.37. The molecular formula is C21H21NO2. The second-order valence-electron chi connectivity index (χ2n) is 5.95. The lowest BCUT2D eigenvalue weighted by Gasteiger charge is -2.21. The molecule has 1 aromatic heterocycles. The van der Waals surface area contributed by atoms with Crippen LogP contribution in [0.3, 0.4) is 0 Å². The van der Waals surface area contributed by atoms with Crippen molar-refractivity contribution < 1.29 is 9.21 Å². The molecule has 122 valence electrons. The molecule has 0 saturated carbocycles. The molecule has 0 radical (unpaired) electrons. The lowest BCUT2D eigenvalue weighted by atomic mass is 9.90. The van der Waals surface area contributed by atoms with Gasteiger partial charge in [-0.1, -0.05) is 60.7 Å². The van der Waals surface area contributed by atoms with Crippen LogP contribution in [0.15, 0.2) is 83.5 Å². The maximum atomic E-state index is 12.9. The van der Waals surface area contributed by atoms with E-state index in [0.29, 0.717) is 6.42 Å². The number of carbonyl (C=O) groups excluding carboxylic acids is 1. The molecule has 0 aliphatic rings. The number of furan rings is 1. The normalized spacial score (nSPS) is 12.1. The summed E-state index contributed by atoms with van der Waals surface area (Å²) in [4.78, 5) is 12.9. The molecule has 1 heterocycles. The van der Waals surface area contributed by atoms with Crippen molar-refractivity contribution in [3.63, 3.8) is 0 Å². The van der Waals surface area contributed by atoms with E-state index < -0.39 is 0 Å². The summed E-state index contributed by atoms with van der Waals surface area (Å²) < 4.78 is 5.36. The maximum absolute atomic E-state index is 12.9. The predicted molar refractivity (Wildman–Crippen MR) is 94.7 cm³/mol. The minimum absolute atomic E-state index is 0.00132. The molecule has 0 saturated heterocycles. The van der Waals surface area contributed by atoms with Crippen LogP contribution in [0.1, 0.15) is 29.7 Å². The number of amides is 1. The molecule has 1 unspecified atom stereocenters. The Labute approximate surface area is 142 Å². The fourth-order valence-corrected chi connectivity index (χ4v) is 2.89. The van der Waals surface area contributed by atoms with E-state index in [4.69, 9.17) is 4.42 Å². The van der Waals surface area contributed by atoms with Gasteiger partial charge < -0.3 is 9.73 Å². The van der Waals surface area contributed by atoms with Crippen LogP contribution in [-0.2, 0) is 11.2 Å². The topological polar surface area (TPSA) is 42.2 Å². The number of nitrogens with one attached hydrogen (secondary N) is 1. The summed E-state index contributed by atoms with van der Waals surface area (Å²) in [5, 5.41) is 3.12. The Balaban J connectivity index is 1.79. The van der Waals surface area contributed by atoms with Crippen molar-refractivity contribution in [1.29, 1.82) is 0 Å². The van der Waals surface area contributed by atoms with Crippen molar-refractivity contribution in [2.75, 3.05) is 0 Å². The highest BCUT2D eigenvalue weighted by Gasteiger charge is 2.23. The summed E-state index contributed by atoms with van der Waals surface area (Å²) >= 11 is 0. The van der Waals surface area contributed by atoms with Crippen molar-refractivity contribution >= 4 is 5.91 Å². The number of hydrogen-bond acceptors (Lipinski definition) is 2. The van der Waals surface area contributed by atoms with Gasteiger partial charge in [0, 0.05) is 12.5 Å². The van der Waals surface area contributed by atoms with Crippen molar-refractivity contribution in [2.24, 2.45) is 0 Å². The van der Waals surface area contributed by atoms with Gasteiger partial charge in [-0.2, -0.15) is 0 Å². The molecule has 3 aromatic rings. The SMILES string of the molecule is CC(Cc1ccco1)NC(=O)C(c1ccccc1)c1ccccc1. The van der Waals surface area contributed by atoms with Gasteiger partial charge in [0.2, 0.25) is 5.91 Å². The van der Waals surface area contributed by atoms with E-state index in [1.54, 1.807) is 6.26 Å². The summed E-state index contributed by atoms with van der Waals surface area (Å²) in [6.07, 6.45) is 2.33. The zero-order valence-electron chi connectivity index (χ0n) is 13.7. The first-order chi connectivity index (χ1) is 11.7. The first-order valence-corrected chi connectivity index (χ1v) is 8.16. The van der Waals surface area contributed by atoms with E-state index in [0.717, 1.165) is 16.9 Å². The van der Waals surface area contributed by atoms with E-state index in [-0.39, 0.29) is 17.9 Å². The fourth-order valence-electron chi connectivity index (χ4n) is 2.89. The van der Waals surface area contributed by atoms with Crippen molar-refractivity contribution in [3.05, 3.63) is 95.9 Å². The molecule has 0 bridgehead atoms. The minimum atomic E-state index is -0.313. The third-order valence-corrected chi connectivity index (χ3v) is 4.00. The van der Waals surface area contributed by atoms with Gasteiger partial charge in [0.05, 0.1) is 12.2 Å². The summed E-state index contributed by atoms with van der Waals surface area (Å²) in [6.45, 7) is 1.99. The van der Waals surface area contributed by atoms with Gasteiger partial charge in [-0.25, -0.2) is 0 Å². The minimum Gasteiger partial charge on any atom is -0.469 e. The van der Waals surface area contributed by atoms with Gasteiger partial charge >= 0.3 is 0 Å². The third kappa shape index (κ3) is 3.93. The van der Waals surface area contributed by atoms with E-state index in [1.165, 1.54) is 0 Å². The van der Waals surface area contributed by atoms with Gasteiger partial charge in [0.15, 0.2) is 0 Å². The van der Waals surface area contributed by atoms with E-state index in [1.807, 2.05) is 79.7 Å². The van der Waals surface area contributed by atoms with Crippen LogP contribution >= 0.6 is 0 Å². The molecular weight excluding hydrogens is 298 g/mol. The monoisotopic (exact) mass is 319 g/mol. The van der Waals surface area contributed by atoms with E-state index in [9.17, 15) is 4.79 Å². The van der Waals surface area contributed by atoms with Crippen LogP contribution in [0.5, 0.6) is 0 Å². The second kappa shape index (κ2) is 7.64. The van der Waals surface area contributed by atoms with Gasteiger partial charge in [-0.3, -0.25) is 4.79 Å². The highest BCUT2D eigenvalue weighted by atomic mass is 16.3. The molecule has 1 N–H and O–H groups in total. The zero-order valence-corrected chi connectivity index (χ0v) is 13.7. The van der Waals surface area contributed by atoms with Crippen LogP contribution < -0.4 is 5.32 Å². The molecule has 3 heteroatoms. The molecule has 0 fully saturated rings. The van der Waals surface area contributed by atoms with E-state index >= 15 is 0 Å². The average molecular weight is 319 g/mol. The Hall–Kier alpha value is -2.81. The molecule has 3 rings (SSSR count). The van der Waals surface area contributed by atoms with Crippen LogP contribution in [0.25, 0.3) is 0 Å². The van der Waals surface area contributed by atoms with Crippen LogP contribution in [-0.4, -0.2) is 11.9 Å². The molecule has 24 heavy (non-hydrogen) atoms. The summed E-state index contributed by atoms with van der Waals surface area (Å²) in [7, 11) is 0. The quantitative estimate of drug-likeness (QED) is 0.741. The summed E-state index contributed by atoms with van der Waals surface area (Å²) in [5.74, 6) is 0.566. The second-order valence-corrected chi connectivity index (χ2v) is 5.95. The Bertz CT molecular complexity index is 712. The highest BCUT2D eigenvalue weighted by Crippen LogP contribution is 2.25. The van der Waals surface area contributed by atoms with Crippen LogP contribution in [0, 0.1) is 0 Å². The maximum Gasteiger partial charge on any atom is 0.232 e. The van der Waals surface area contributed by atoms with Gasteiger partial charge in [0.25, 0.3) is 0 Å². The van der Waals surface area contributed by atoms with Gasteiger partial charge in [0.1, 0.15) is 5.76 Å². The predicted octanol–water partition coefficient (Wildman–Crippen LogP) is 4.16. The molecule has 1 amide bonds. The lowest BCUT2D eigenvalue weighted by molar-refractivity contribution is -0.122.